The van der Waals surface area contributed by atoms with E-state index < -0.39 is 142 Å². The number of rotatable bonds is 16. The van der Waals surface area contributed by atoms with Crippen LogP contribution in [0.25, 0.3) is 0 Å². The molecule has 12 N–H and O–H groups in total. The lowest BCUT2D eigenvalue weighted by molar-refractivity contribution is -0.388. The minimum absolute atomic E-state index is 0.00464. The minimum atomic E-state index is -1.74. The summed E-state index contributed by atoms with van der Waals surface area (Å²) in [7, 11) is 0. The molecule has 22 heteroatoms. The van der Waals surface area contributed by atoms with Gasteiger partial charge < -0.3 is 109 Å². The molecule has 4 aliphatic carbocycles. The Kier molecular flexibility index (Phi) is 17.9. The molecule has 4 saturated heterocycles. The van der Waals surface area contributed by atoms with Crippen LogP contribution in [0.2, 0.25) is 0 Å². The highest BCUT2D eigenvalue weighted by Gasteiger charge is 2.65. The van der Waals surface area contributed by atoms with Crippen molar-refractivity contribution in [2.24, 2.45) is 40.4 Å². The fourth-order valence-electron chi connectivity index (χ4n) is 14.9. The molecule has 0 spiro atoms. The van der Waals surface area contributed by atoms with Crippen molar-refractivity contribution in [2.75, 3.05) is 26.4 Å². The average molecular weight is 1080 g/mol. The lowest BCUT2D eigenvalue weighted by Crippen LogP contribution is -2.66. The van der Waals surface area contributed by atoms with Crippen molar-refractivity contribution in [1.82, 2.24) is 0 Å². The van der Waals surface area contributed by atoms with Crippen LogP contribution in [0.4, 0.5) is 0 Å². The Labute approximate surface area is 438 Å². The molecule has 9 rings (SSSR count). The van der Waals surface area contributed by atoms with Gasteiger partial charge in [0.25, 0.3) is 0 Å². The minimum Gasteiger partial charge on any atom is -0.491 e. The average Bonchev–Trinajstić information content (AvgIpc) is 3.93. The van der Waals surface area contributed by atoms with Crippen LogP contribution < -0.4 is 0 Å². The van der Waals surface area contributed by atoms with Gasteiger partial charge in [-0.2, -0.15) is 0 Å². The molecule has 9 aliphatic rings. The second-order valence-electron chi connectivity index (χ2n) is 23.8. The lowest BCUT2D eigenvalue weighted by Gasteiger charge is -2.58. The van der Waals surface area contributed by atoms with Crippen molar-refractivity contribution < 1.29 is 109 Å². The predicted octanol–water partition coefficient (Wildman–Crippen LogP) is -1.02. The van der Waals surface area contributed by atoms with Crippen molar-refractivity contribution in [3.8, 4) is 0 Å². The summed E-state index contributed by atoms with van der Waals surface area (Å²) in [6, 6.07) is 0. The number of aliphatic hydroxyl groups is 12. The molecule has 0 aromatic rings. The van der Waals surface area contributed by atoms with Gasteiger partial charge in [-0.3, -0.25) is 0 Å². The maximum atomic E-state index is 12.1. The number of aliphatic hydroxyl groups excluding tert-OH is 12. The maximum absolute atomic E-state index is 12.1. The molecule has 5 aliphatic heterocycles. The van der Waals surface area contributed by atoms with Gasteiger partial charge >= 0.3 is 0 Å². The van der Waals surface area contributed by atoms with Crippen molar-refractivity contribution >= 4 is 0 Å². The van der Waals surface area contributed by atoms with Crippen LogP contribution in [-0.2, 0) is 47.4 Å². The van der Waals surface area contributed by atoms with E-state index in [0.717, 1.165) is 37.9 Å². The van der Waals surface area contributed by atoms with Gasteiger partial charge in [0, 0.05) is 12.5 Å². The van der Waals surface area contributed by atoms with Crippen molar-refractivity contribution in [3.05, 3.63) is 23.0 Å². The Morgan fingerprint density at radius 2 is 1.27 bits per heavy atom. The van der Waals surface area contributed by atoms with Gasteiger partial charge in [0.05, 0.1) is 38.1 Å². The van der Waals surface area contributed by atoms with Crippen molar-refractivity contribution in [1.29, 1.82) is 0 Å². The Morgan fingerprint density at radius 1 is 0.667 bits per heavy atom. The van der Waals surface area contributed by atoms with Gasteiger partial charge in [0.15, 0.2) is 25.2 Å². The zero-order valence-electron chi connectivity index (χ0n) is 44.2. The molecule has 5 heterocycles. The summed E-state index contributed by atoms with van der Waals surface area (Å²) in [5.74, 6) is 2.28. The van der Waals surface area contributed by atoms with Crippen LogP contribution in [0.3, 0.4) is 0 Å². The molecule has 0 aromatic carbocycles. The number of fused-ring (bicyclic) bond motifs is 7. The molecular formula is C53H86O22. The lowest BCUT2D eigenvalue weighted by atomic mass is 9.47. The molecule has 75 heavy (non-hydrogen) atoms. The normalized spacial score (nSPS) is 51.7. The third-order valence-corrected chi connectivity index (χ3v) is 19.2. The van der Waals surface area contributed by atoms with Crippen LogP contribution in [0.1, 0.15) is 99.8 Å². The molecule has 22 nitrogen and oxygen atoms in total. The first-order valence-corrected chi connectivity index (χ1v) is 27.5. The number of allylic oxidation sites excluding steroid dienone is 1. The van der Waals surface area contributed by atoms with E-state index in [9.17, 15) is 61.3 Å². The van der Waals surface area contributed by atoms with Gasteiger partial charge in [-0.25, -0.2) is 0 Å². The number of hydrogen-bond donors (Lipinski definition) is 12. The van der Waals surface area contributed by atoms with Crippen molar-refractivity contribution in [3.63, 3.8) is 0 Å². The summed E-state index contributed by atoms with van der Waals surface area (Å²) < 4.78 is 61.5. The SMILES string of the molecule is CCO[C@H](C[C@H](C)CO[C@@H]1O[C@H](CO)[C@@H](O)[C@H](O)[C@H]1O)C1=C(C)C2C(CC3C4CC=C5C[C@@H](O[C@@H]6O[C@H](CO)[C@@H](O[C@@H]7O[C@@H](C)[C@H](O)[C@@H](O)[C@H]7O)[C@H](O)[C@H]6O[C@@H]6O[C@@H](C)[C@H](O)[C@@H](O)[C@H]6O)CC[C@]5(C)C4CC[C@@]32C)O1. The van der Waals surface area contributed by atoms with Gasteiger partial charge in [0.1, 0.15) is 103 Å². The van der Waals surface area contributed by atoms with Crippen LogP contribution in [0, 0.1) is 40.4 Å². The summed E-state index contributed by atoms with van der Waals surface area (Å²) in [5, 5.41) is 127. The Morgan fingerprint density at radius 3 is 1.89 bits per heavy atom. The monoisotopic (exact) mass is 1070 g/mol. The van der Waals surface area contributed by atoms with Crippen LogP contribution >= 0.6 is 0 Å². The van der Waals surface area contributed by atoms with E-state index in [0.29, 0.717) is 43.6 Å². The summed E-state index contributed by atoms with van der Waals surface area (Å²) in [4.78, 5) is 0. The highest BCUT2D eigenvalue weighted by molar-refractivity contribution is 5.31. The van der Waals surface area contributed by atoms with Gasteiger partial charge in [-0.1, -0.05) is 32.4 Å². The van der Waals surface area contributed by atoms with E-state index >= 15 is 0 Å². The molecule has 30 atom stereocenters. The fourth-order valence-corrected chi connectivity index (χ4v) is 14.9. The van der Waals surface area contributed by atoms with E-state index in [2.05, 4.69) is 26.8 Å². The molecule has 7 fully saturated rings. The molecule has 5 unspecified atom stereocenters. The zero-order valence-corrected chi connectivity index (χ0v) is 44.2. The highest BCUT2D eigenvalue weighted by Crippen LogP contribution is 2.69. The topological polar surface area (TPSA) is 335 Å². The third-order valence-electron chi connectivity index (χ3n) is 19.2. The Hall–Kier alpha value is -1.56. The fraction of sp³-hybridized carbons (Fsp3) is 0.925. The summed E-state index contributed by atoms with van der Waals surface area (Å²) >= 11 is 0. The van der Waals surface area contributed by atoms with E-state index in [1.54, 1.807) is 0 Å². The largest absolute Gasteiger partial charge is 0.491 e. The smallest absolute Gasteiger partial charge is 0.187 e. The summed E-state index contributed by atoms with van der Waals surface area (Å²) in [5.41, 5.74) is 2.38. The maximum Gasteiger partial charge on any atom is 0.187 e. The highest BCUT2D eigenvalue weighted by atomic mass is 16.8. The van der Waals surface area contributed by atoms with Crippen LogP contribution in [-0.4, -0.2) is 229 Å². The van der Waals surface area contributed by atoms with E-state index in [4.69, 9.17) is 47.4 Å². The molecule has 0 radical (unpaired) electrons. The van der Waals surface area contributed by atoms with E-state index in [-0.39, 0.29) is 41.5 Å². The molecule has 0 aromatic heterocycles. The van der Waals surface area contributed by atoms with Gasteiger partial charge in [0.2, 0.25) is 0 Å². The van der Waals surface area contributed by atoms with Crippen molar-refractivity contribution in [2.45, 2.75) is 241 Å². The third kappa shape index (κ3) is 10.7. The number of hydrogen-bond acceptors (Lipinski definition) is 22. The molecule has 0 bridgehead atoms. The van der Waals surface area contributed by atoms with E-state index in [1.807, 2.05) is 13.8 Å². The first-order valence-electron chi connectivity index (χ1n) is 27.5. The van der Waals surface area contributed by atoms with Crippen LogP contribution in [0.15, 0.2) is 23.0 Å². The second kappa shape index (κ2) is 23.1. The molecule has 430 valence electrons. The van der Waals surface area contributed by atoms with Gasteiger partial charge in [-0.05, 0) is 119 Å². The quantitative estimate of drug-likeness (QED) is 0.0824. The molecular weight excluding hydrogens is 989 g/mol. The first kappa shape index (κ1) is 58.1. The number of ether oxygens (including phenoxy) is 10. The first-order chi connectivity index (χ1) is 35.6. The summed E-state index contributed by atoms with van der Waals surface area (Å²) in [6.07, 6.45) is -20.7. The molecule has 0 amide bonds. The molecule has 3 saturated carbocycles. The Balaban J connectivity index is 0.871. The standard InChI is InChI=1S/C53H86O22/c1-8-66-31(15-21(2)20-67-48-41(62)40(61)37(58)32(18-54)72-48)45-22(3)34-30(71-45)17-29-27-10-9-25-16-26(11-13-52(25,6)28(27)12-14-53(29,34)7)70-51-47(75-50-43(64)39(60)36(57)24(5)69-50)44(65)46(33(19-55)73-51)74-49-42(63)38(59)35(56)23(4)68-49/h9,21,23-24,26-44,46-51,54-65H,8,10-20H2,1-7H3/t21-,23-,24-,26-,27?,28?,29?,30?,31+,32+,33+,34?,35-,36-,37+,38+,39+,40-,41+,42+,43+,44-,46+,47+,48+,49-,50-,51+,52-,53-/m0/s1. The zero-order chi connectivity index (χ0) is 54.2. The second-order valence-corrected chi connectivity index (χ2v) is 23.8. The van der Waals surface area contributed by atoms with E-state index in [1.165, 1.54) is 25.0 Å². The van der Waals surface area contributed by atoms with Gasteiger partial charge in [-0.15, -0.1) is 0 Å². The Bertz CT molecular complexity index is 1990. The summed E-state index contributed by atoms with van der Waals surface area (Å²) in [6.45, 7) is 13.4. The van der Waals surface area contributed by atoms with Crippen LogP contribution in [0.5, 0.6) is 0 Å². The predicted molar refractivity (Wildman–Crippen MR) is 258 cm³/mol.